The van der Waals surface area contributed by atoms with Gasteiger partial charge in [-0.05, 0) is 59.3 Å². The highest BCUT2D eigenvalue weighted by molar-refractivity contribution is 9.10. The molecule has 0 aliphatic heterocycles. The molecule has 0 spiro atoms. The molecular formula is C16H18BrN3O2. The molecule has 1 fully saturated rings. The predicted octanol–water partition coefficient (Wildman–Crippen LogP) is 3.42. The van der Waals surface area contributed by atoms with Crippen molar-refractivity contribution in [3.8, 4) is 5.88 Å². The van der Waals surface area contributed by atoms with Gasteiger partial charge < -0.3 is 15.0 Å². The van der Waals surface area contributed by atoms with E-state index in [9.17, 15) is 4.79 Å². The molecule has 0 unspecified atom stereocenters. The van der Waals surface area contributed by atoms with Crippen molar-refractivity contribution in [3.63, 3.8) is 0 Å². The van der Waals surface area contributed by atoms with Crippen LogP contribution in [0.3, 0.4) is 0 Å². The van der Waals surface area contributed by atoms with E-state index in [1.165, 1.54) is 12.8 Å². The molecular weight excluding hydrogens is 346 g/mol. The van der Waals surface area contributed by atoms with Crippen LogP contribution in [-0.4, -0.2) is 22.0 Å². The van der Waals surface area contributed by atoms with E-state index in [1.807, 2.05) is 12.1 Å². The molecule has 2 aromatic rings. The van der Waals surface area contributed by atoms with Crippen molar-refractivity contribution in [2.24, 2.45) is 0 Å². The van der Waals surface area contributed by atoms with Crippen LogP contribution >= 0.6 is 15.9 Å². The zero-order valence-corrected chi connectivity index (χ0v) is 13.7. The molecule has 1 aliphatic rings. The number of halogens is 1. The topological polar surface area (TPSA) is 67.0 Å². The number of aromatic nitrogens is 2. The first-order valence-electron chi connectivity index (χ1n) is 7.44. The van der Waals surface area contributed by atoms with Crippen molar-refractivity contribution in [3.05, 3.63) is 46.3 Å². The van der Waals surface area contributed by atoms with Crippen molar-refractivity contribution in [1.29, 1.82) is 0 Å². The first-order valence-corrected chi connectivity index (χ1v) is 8.24. The lowest BCUT2D eigenvalue weighted by Gasteiger charge is -2.12. The van der Waals surface area contributed by atoms with Crippen molar-refractivity contribution in [2.75, 3.05) is 0 Å². The van der Waals surface area contributed by atoms with Gasteiger partial charge >= 0.3 is 0 Å². The van der Waals surface area contributed by atoms with Crippen LogP contribution in [0, 0.1) is 0 Å². The number of carbonyl (C=O) groups excluding carboxylic acids is 1. The Morgan fingerprint density at radius 2 is 2.23 bits per heavy atom. The normalized spacial score (nSPS) is 15.0. The van der Waals surface area contributed by atoms with Gasteiger partial charge in [0.1, 0.15) is 11.8 Å². The van der Waals surface area contributed by atoms with E-state index in [0.717, 1.165) is 22.9 Å². The molecule has 6 heteroatoms. The molecule has 0 atom stereocenters. The summed E-state index contributed by atoms with van der Waals surface area (Å²) in [6.45, 7) is 0.443. The summed E-state index contributed by atoms with van der Waals surface area (Å²) in [4.78, 5) is 19.1. The lowest BCUT2D eigenvalue weighted by molar-refractivity contribution is 0.0946. The Bertz CT molecular complexity index is 650. The number of aromatic amines is 1. The fraction of sp³-hybridized carbons (Fsp3) is 0.375. The monoisotopic (exact) mass is 363 g/mol. The van der Waals surface area contributed by atoms with Crippen LogP contribution in [0.25, 0.3) is 0 Å². The molecule has 2 aromatic heterocycles. The van der Waals surface area contributed by atoms with Crippen LogP contribution in [0.4, 0.5) is 0 Å². The Labute approximate surface area is 137 Å². The van der Waals surface area contributed by atoms with Gasteiger partial charge in [0.15, 0.2) is 0 Å². The van der Waals surface area contributed by atoms with Gasteiger partial charge in [-0.1, -0.05) is 0 Å². The van der Waals surface area contributed by atoms with E-state index in [-0.39, 0.29) is 12.0 Å². The molecule has 1 saturated carbocycles. The summed E-state index contributed by atoms with van der Waals surface area (Å²) < 4.78 is 6.73. The zero-order chi connectivity index (χ0) is 15.4. The highest BCUT2D eigenvalue weighted by Crippen LogP contribution is 2.23. The molecule has 5 nitrogen and oxygen atoms in total. The third-order valence-corrected chi connectivity index (χ3v) is 4.19. The van der Waals surface area contributed by atoms with E-state index in [0.29, 0.717) is 18.1 Å². The quantitative estimate of drug-likeness (QED) is 0.854. The largest absolute Gasteiger partial charge is 0.474 e. The van der Waals surface area contributed by atoms with Gasteiger partial charge in [-0.25, -0.2) is 4.98 Å². The van der Waals surface area contributed by atoms with Gasteiger partial charge in [-0.3, -0.25) is 4.79 Å². The average molecular weight is 364 g/mol. The Morgan fingerprint density at radius 1 is 1.41 bits per heavy atom. The van der Waals surface area contributed by atoms with E-state index < -0.39 is 0 Å². The summed E-state index contributed by atoms with van der Waals surface area (Å²) in [5, 5.41) is 2.88. The maximum absolute atomic E-state index is 12.0. The maximum atomic E-state index is 12.0. The predicted molar refractivity (Wildman–Crippen MR) is 86.8 cm³/mol. The molecule has 22 heavy (non-hydrogen) atoms. The van der Waals surface area contributed by atoms with E-state index >= 15 is 0 Å². The lowest BCUT2D eigenvalue weighted by Crippen LogP contribution is -2.23. The van der Waals surface area contributed by atoms with E-state index in [4.69, 9.17) is 4.74 Å². The molecule has 116 valence electrons. The number of nitrogens with zero attached hydrogens (tertiary/aromatic N) is 1. The first-order chi connectivity index (χ1) is 10.7. The molecule has 0 saturated heterocycles. The summed E-state index contributed by atoms with van der Waals surface area (Å²) in [5.74, 6) is 0.502. The summed E-state index contributed by atoms with van der Waals surface area (Å²) in [7, 11) is 0. The Hall–Kier alpha value is -1.82. The number of ether oxygens (including phenoxy) is 1. The van der Waals surface area contributed by atoms with Crippen molar-refractivity contribution in [1.82, 2.24) is 15.3 Å². The summed E-state index contributed by atoms with van der Waals surface area (Å²) in [6.07, 6.45) is 8.40. The number of H-pyrrole nitrogens is 1. The molecule has 0 bridgehead atoms. The fourth-order valence-corrected chi connectivity index (χ4v) is 2.92. The molecule has 1 amide bonds. The number of hydrogen-bond acceptors (Lipinski definition) is 3. The fourth-order valence-electron chi connectivity index (χ4n) is 2.58. The average Bonchev–Trinajstić information content (AvgIpc) is 3.17. The van der Waals surface area contributed by atoms with Gasteiger partial charge in [-0.2, -0.15) is 0 Å². The highest BCUT2D eigenvalue weighted by atomic mass is 79.9. The first kappa shape index (κ1) is 15.1. The van der Waals surface area contributed by atoms with Crippen molar-refractivity contribution in [2.45, 2.75) is 38.3 Å². The minimum Gasteiger partial charge on any atom is -0.474 e. The van der Waals surface area contributed by atoms with Crippen LogP contribution < -0.4 is 10.1 Å². The van der Waals surface area contributed by atoms with Gasteiger partial charge in [0, 0.05) is 29.5 Å². The van der Waals surface area contributed by atoms with Gasteiger partial charge in [0.2, 0.25) is 5.88 Å². The second-order valence-electron chi connectivity index (χ2n) is 5.44. The standard InChI is InChI=1S/C16H18BrN3O2/c17-12-8-14(19-10-12)16(21)20-9-11-5-6-18-15(7-11)22-13-3-1-2-4-13/h5-8,10,13,19H,1-4,9H2,(H,20,21). The molecule has 0 radical (unpaired) electrons. The second kappa shape index (κ2) is 6.96. The Balaban J connectivity index is 1.57. The molecule has 2 N–H and O–H groups in total. The summed E-state index contributed by atoms with van der Waals surface area (Å²) in [5.41, 5.74) is 1.50. The van der Waals surface area contributed by atoms with Crippen LogP contribution in [-0.2, 0) is 6.54 Å². The third-order valence-electron chi connectivity index (χ3n) is 3.73. The highest BCUT2D eigenvalue weighted by Gasteiger charge is 2.17. The summed E-state index contributed by atoms with van der Waals surface area (Å²) in [6, 6.07) is 5.52. The second-order valence-corrected chi connectivity index (χ2v) is 6.36. The Kier molecular flexibility index (Phi) is 4.77. The third kappa shape index (κ3) is 3.88. The molecule has 2 heterocycles. The SMILES string of the molecule is O=C(NCc1ccnc(OC2CCCC2)c1)c1cc(Br)c[nH]1. The number of hydrogen-bond donors (Lipinski definition) is 2. The molecule has 0 aromatic carbocycles. The zero-order valence-electron chi connectivity index (χ0n) is 12.1. The minimum absolute atomic E-state index is 0.138. The summed E-state index contributed by atoms with van der Waals surface area (Å²) >= 11 is 3.31. The van der Waals surface area contributed by atoms with Crippen LogP contribution in [0.5, 0.6) is 5.88 Å². The maximum Gasteiger partial charge on any atom is 0.267 e. The van der Waals surface area contributed by atoms with Crippen molar-refractivity contribution >= 4 is 21.8 Å². The van der Waals surface area contributed by atoms with Gasteiger partial charge in [0.25, 0.3) is 5.91 Å². The van der Waals surface area contributed by atoms with E-state index in [2.05, 4.69) is 31.2 Å². The number of carbonyl (C=O) groups is 1. The van der Waals surface area contributed by atoms with Crippen LogP contribution in [0.2, 0.25) is 0 Å². The van der Waals surface area contributed by atoms with Gasteiger partial charge in [-0.15, -0.1) is 0 Å². The minimum atomic E-state index is -0.138. The number of rotatable bonds is 5. The van der Waals surface area contributed by atoms with Crippen LogP contribution in [0.15, 0.2) is 35.1 Å². The lowest BCUT2D eigenvalue weighted by atomic mass is 10.2. The Morgan fingerprint density at radius 3 is 2.95 bits per heavy atom. The number of nitrogens with one attached hydrogen (secondary N) is 2. The van der Waals surface area contributed by atoms with Crippen molar-refractivity contribution < 1.29 is 9.53 Å². The molecule has 1 aliphatic carbocycles. The smallest absolute Gasteiger partial charge is 0.267 e. The number of amides is 1. The van der Waals surface area contributed by atoms with Gasteiger partial charge in [0.05, 0.1) is 0 Å². The number of pyridine rings is 1. The van der Waals surface area contributed by atoms with Crippen LogP contribution in [0.1, 0.15) is 41.7 Å². The van der Waals surface area contributed by atoms with E-state index in [1.54, 1.807) is 18.5 Å². The molecule has 3 rings (SSSR count).